The first-order chi connectivity index (χ1) is 11.5. The van der Waals surface area contributed by atoms with E-state index in [1.165, 1.54) is 20.0 Å². The molecule has 1 aliphatic rings. The van der Waals surface area contributed by atoms with E-state index in [4.69, 9.17) is 9.47 Å². The Morgan fingerprint density at radius 2 is 1.64 bits per heavy atom. The maximum Gasteiger partial charge on any atom is 0.350 e. The van der Waals surface area contributed by atoms with E-state index in [-0.39, 0.29) is 11.5 Å². The third kappa shape index (κ3) is 4.82. The Kier molecular flexibility index (Phi) is 4.87. The van der Waals surface area contributed by atoms with E-state index >= 15 is 0 Å². The molecule has 2 rings (SSSR count). The second kappa shape index (κ2) is 6.58. The summed E-state index contributed by atoms with van der Waals surface area (Å²) >= 11 is 0. The van der Waals surface area contributed by atoms with E-state index in [9.17, 15) is 14.4 Å². The van der Waals surface area contributed by atoms with Crippen LogP contribution in [0.5, 0.6) is 0 Å². The maximum atomic E-state index is 12.4. The number of carbonyl (C=O) groups excluding carboxylic acids is 3. The maximum absolute atomic E-state index is 12.4. The van der Waals surface area contributed by atoms with E-state index < -0.39 is 23.3 Å². The smallest absolute Gasteiger partial charge is 0.350 e. The number of esters is 2. The summed E-state index contributed by atoms with van der Waals surface area (Å²) in [5.41, 5.74) is 0.158. The number of benzene rings is 1. The van der Waals surface area contributed by atoms with Crippen molar-refractivity contribution in [2.75, 3.05) is 5.32 Å². The zero-order valence-electron chi connectivity index (χ0n) is 14.9. The van der Waals surface area contributed by atoms with Gasteiger partial charge in [0.05, 0.1) is 11.3 Å². The Balaban J connectivity index is 2.23. The lowest BCUT2D eigenvalue weighted by atomic mass is 10.1. The van der Waals surface area contributed by atoms with Crippen LogP contribution in [0.15, 0.2) is 36.0 Å². The van der Waals surface area contributed by atoms with Crippen molar-refractivity contribution in [3.63, 3.8) is 0 Å². The summed E-state index contributed by atoms with van der Waals surface area (Å²) in [5.74, 6) is -3.14. The number of hydrogen-bond donors (Lipinski definition) is 2. The summed E-state index contributed by atoms with van der Waals surface area (Å²) in [7, 11) is 0. The number of amides is 1. The monoisotopic (exact) mass is 346 g/mol. The molecule has 0 unspecified atom stereocenters. The molecule has 7 heteroatoms. The van der Waals surface area contributed by atoms with Gasteiger partial charge >= 0.3 is 11.9 Å². The summed E-state index contributed by atoms with van der Waals surface area (Å²) in [4.78, 5) is 36.3. The SMILES string of the molecule is CC(C)(C)NC(=O)c1ccccc1NC=C1C(=O)OC(C)(C)OC1=O. The topological polar surface area (TPSA) is 93.7 Å². The molecule has 1 aromatic carbocycles. The Labute approximate surface area is 146 Å². The van der Waals surface area contributed by atoms with Crippen LogP contribution in [0.3, 0.4) is 0 Å². The van der Waals surface area contributed by atoms with Gasteiger partial charge in [0.2, 0.25) is 0 Å². The van der Waals surface area contributed by atoms with Gasteiger partial charge in [-0.2, -0.15) is 0 Å². The highest BCUT2D eigenvalue weighted by Crippen LogP contribution is 2.23. The van der Waals surface area contributed by atoms with Crippen LogP contribution in [-0.4, -0.2) is 29.2 Å². The number of nitrogens with one attached hydrogen (secondary N) is 2. The molecule has 7 nitrogen and oxygen atoms in total. The first kappa shape index (κ1) is 18.5. The first-order valence-corrected chi connectivity index (χ1v) is 7.83. The normalized spacial score (nSPS) is 16.6. The summed E-state index contributed by atoms with van der Waals surface area (Å²) in [6.45, 7) is 8.56. The highest BCUT2D eigenvalue weighted by atomic mass is 16.7. The van der Waals surface area contributed by atoms with Crippen LogP contribution in [0, 0.1) is 0 Å². The third-order valence-corrected chi connectivity index (χ3v) is 3.15. The second-order valence-corrected chi connectivity index (χ2v) is 7.13. The lowest BCUT2D eigenvalue weighted by Gasteiger charge is -2.29. The molecule has 2 N–H and O–H groups in total. The van der Waals surface area contributed by atoms with E-state index in [1.54, 1.807) is 24.3 Å². The molecule has 1 aromatic rings. The minimum atomic E-state index is -1.30. The van der Waals surface area contributed by atoms with E-state index in [0.29, 0.717) is 11.3 Å². The summed E-state index contributed by atoms with van der Waals surface area (Å²) in [5, 5.41) is 5.67. The Hall–Kier alpha value is -2.83. The van der Waals surface area contributed by atoms with Crippen LogP contribution in [0.1, 0.15) is 45.0 Å². The molecule has 0 bridgehead atoms. The zero-order valence-corrected chi connectivity index (χ0v) is 14.9. The number of hydrogen-bond acceptors (Lipinski definition) is 6. The fraction of sp³-hybridized carbons (Fsp3) is 0.389. The predicted molar refractivity (Wildman–Crippen MR) is 91.6 cm³/mol. The highest BCUT2D eigenvalue weighted by molar-refractivity contribution is 6.15. The molecule has 1 saturated heterocycles. The van der Waals surface area contributed by atoms with E-state index in [1.807, 2.05) is 20.8 Å². The molecule has 134 valence electrons. The summed E-state index contributed by atoms with van der Waals surface area (Å²) in [6, 6.07) is 6.76. The Bertz CT molecular complexity index is 722. The van der Waals surface area contributed by atoms with Gasteiger partial charge in [-0.15, -0.1) is 0 Å². The molecule has 0 aliphatic carbocycles. The van der Waals surface area contributed by atoms with Crippen LogP contribution in [0.4, 0.5) is 5.69 Å². The quantitative estimate of drug-likeness (QED) is 0.496. The fourth-order valence-corrected chi connectivity index (χ4v) is 2.14. The van der Waals surface area contributed by atoms with Crippen LogP contribution in [0.2, 0.25) is 0 Å². The van der Waals surface area contributed by atoms with Gasteiger partial charge in [0.1, 0.15) is 0 Å². The second-order valence-electron chi connectivity index (χ2n) is 7.13. The minimum Gasteiger partial charge on any atom is -0.419 e. The number of cyclic esters (lactones) is 2. The van der Waals surface area contributed by atoms with Crippen molar-refractivity contribution < 1.29 is 23.9 Å². The number of para-hydroxylation sites is 1. The highest BCUT2D eigenvalue weighted by Gasteiger charge is 2.39. The van der Waals surface area contributed by atoms with Gasteiger partial charge in [-0.1, -0.05) is 12.1 Å². The number of ether oxygens (including phenoxy) is 2. The molecule has 0 saturated carbocycles. The van der Waals surface area contributed by atoms with Crippen LogP contribution in [-0.2, 0) is 19.1 Å². The van der Waals surface area contributed by atoms with Gasteiger partial charge in [-0.05, 0) is 32.9 Å². The van der Waals surface area contributed by atoms with Gasteiger partial charge in [-0.3, -0.25) is 4.79 Å². The van der Waals surface area contributed by atoms with Crippen LogP contribution >= 0.6 is 0 Å². The van der Waals surface area contributed by atoms with Gasteiger partial charge in [0.15, 0.2) is 5.57 Å². The molecule has 0 spiro atoms. The lowest BCUT2D eigenvalue weighted by molar-refractivity contribution is -0.222. The fourth-order valence-electron chi connectivity index (χ4n) is 2.14. The van der Waals surface area contributed by atoms with Crippen LogP contribution in [0.25, 0.3) is 0 Å². The van der Waals surface area contributed by atoms with Crippen molar-refractivity contribution in [2.24, 2.45) is 0 Å². The summed E-state index contributed by atoms with van der Waals surface area (Å²) in [6.07, 6.45) is 1.18. The molecule has 0 aromatic heterocycles. The Morgan fingerprint density at radius 1 is 1.08 bits per heavy atom. The van der Waals surface area contributed by atoms with Gasteiger partial charge in [0, 0.05) is 25.6 Å². The largest absolute Gasteiger partial charge is 0.419 e. The van der Waals surface area contributed by atoms with E-state index in [0.717, 1.165) is 0 Å². The van der Waals surface area contributed by atoms with Gasteiger partial charge < -0.3 is 20.1 Å². The minimum absolute atomic E-state index is 0.273. The van der Waals surface area contributed by atoms with Crippen LogP contribution < -0.4 is 10.6 Å². The molecule has 1 amide bonds. The number of carbonyl (C=O) groups is 3. The predicted octanol–water partition coefficient (Wildman–Crippen LogP) is 2.35. The molecular weight excluding hydrogens is 324 g/mol. The molecule has 1 heterocycles. The molecule has 1 aliphatic heterocycles. The van der Waals surface area contributed by atoms with Crippen molar-refractivity contribution in [3.05, 3.63) is 41.6 Å². The van der Waals surface area contributed by atoms with Gasteiger partial charge in [0.25, 0.3) is 11.7 Å². The average Bonchev–Trinajstić information content (AvgIpc) is 2.43. The van der Waals surface area contributed by atoms with Gasteiger partial charge in [-0.25, -0.2) is 9.59 Å². The number of rotatable bonds is 3. The average molecular weight is 346 g/mol. The lowest BCUT2D eigenvalue weighted by Crippen LogP contribution is -2.42. The molecule has 1 fully saturated rings. The molecule has 0 radical (unpaired) electrons. The standard InChI is InChI=1S/C18H22N2O5/c1-17(2,3)20-14(21)11-8-6-7-9-13(11)19-10-12-15(22)24-18(4,5)25-16(12)23/h6-10,19H,1-5H3,(H,20,21). The third-order valence-electron chi connectivity index (χ3n) is 3.15. The number of anilines is 1. The van der Waals surface area contributed by atoms with Crippen molar-refractivity contribution in [1.82, 2.24) is 5.32 Å². The molecule has 0 atom stereocenters. The van der Waals surface area contributed by atoms with Crippen molar-refractivity contribution in [2.45, 2.75) is 45.9 Å². The van der Waals surface area contributed by atoms with Crippen molar-refractivity contribution in [1.29, 1.82) is 0 Å². The first-order valence-electron chi connectivity index (χ1n) is 7.83. The zero-order chi connectivity index (χ0) is 18.8. The molecule has 25 heavy (non-hydrogen) atoms. The van der Waals surface area contributed by atoms with Crippen molar-refractivity contribution >= 4 is 23.5 Å². The molecular formula is C18H22N2O5. The van der Waals surface area contributed by atoms with Crippen molar-refractivity contribution in [3.8, 4) is 0 Å². The van der Waals surface area contributed by atoms with E-state index in [2.05, 4.69) is 10.6 Å². The Morgan fingerprint density at radius 3 is 2.20 bits per heavy atom. The summed E-state index contributed by atoms with van der Waals surface area (Å²) < 4.78 is 10.0.